The van der Waals surface area contributed by atoms with E-state index in [1.54, 1.807) is 24.3 Å². The topological polar surface area (TPSA) is 102 Å². The quantitative estimate of drug-likeness (QED) is 0.607. The molecule has 134 valence electrons. The van der Waals surface area contributed by atoms with Crippen molar-refractivity contribution in [3.63, 3.8) is 0 Å². The average molecular weight is 348 g/mol. The Kier molecular flexibility index (Phi) is 5.48. The molecule has 7 nitrogen and oxygen atoms in total. The number of esters is 2. The van der Waals surface area contributed by atoms with Crippen LogP contribution < -0.4 is 4.74 Å². The van der Waals surface area contributed by atoms with E-state index in [0.29, 0.717) is 16.5 Å². The first kappa shape index (κ1) is 18.5. The molecular formula is C18H20O7. The van der Waals surface area contributed by atoms with Crippen molar-refractivity contribution in [2.45, 2.75) is 19.4 Å². The van der Waals surface area contributed by atoms with E-state index in [1.165, 1.54) is 27.0 Å². The third-order valence-electron chi connectivity index (χ3n) is 3.73. The molecule has 0 atom stereocenters. The van der Waals surface area contributed by atoms with Crippen molar-refractivity contribution < 1.29 is 34.0 Å². The summed E-state index contributed by atoms with van der Waals surface area (Å²) < 4.78 is 14.7. The molecule has 0 amide bonds. The van der Waals surface area contributed by atoms with Crippen molar-refractivity contribution in [1.82, 2.24) is 0 Å². The van der Waals surface area contributed by atoms with Crippen LogP contribution in [-0.2, 0) is 24.7 Å². The third-order valence-corrected chi connectivity index (χ3v) is 3.73. The first-order valence-electron chi connectivity index (χ1n) is 7.77. The Bertz CT molecular complexity index is 779. The van der Waals surface area contributed by atoms with E-state index < -0.39 is 23.3 Å². The lowest BCUT2D eigenvalue weighted by Gasteiger charge is -2.25. The van der Waals surface area contributed by atoms with Crippen molar-refractivity contribution in [1.29, 1.82) is 0 Å². The Morgan fingerprint density at radius 2 is 1.64 bits per heavy atom. The molecular weight excluding hydrogens is 328 g/mol. The van der Waals surface area contributed by atoms with E-state index >= 15 is 0 Å². The second-order valence-corrected chi connectivity index (χ2v) is 5.20. The highest BCUT2D eigenvalue weighted by Crippen LogP contribution is 2.38. The maximum absolute atomic E-state index is 12.3. The van der Waals surface area contributed by atoms with Crippen LogP contribution in [0.1, 0.15) is 19.4 Å². The molecule has 0 heterocycles. The van der Waals surface area contributed by atoms with E-state index in [0.717, 1.165) is 0 Å². The van der Waals surface area contributed by atoms with Crippen LogP contribution in [0.3, 0.4) is 0 Å². The average Bonchev–Trinajstić information content (AvgIpc) is 2.61. The van der Waals surface area contributed by atoms with Gasteiger partial charge in [0.25, 0.3) is 5.60 Å². The van der Waals surface area contributed by atoms with Gasteiger partial charge in [0.2, 0.25) is 0 Å². The summed E-state index contributed by atoms with van der Waals surface area (Å²) in [5, 5.41) is 22.3. The molecule has 0 spiro atoms. The van der Waals surface area contributed by atoms with Crippen LogP contribution in [0.2, 0.25) is 0 Å². The van der Waals surface area contributed by atoms with E-state index in [4.69, 9.17) is 14.2 Å². The van der Waals surface area contributed by atoms with Crippen molar-refractivity contribution in [2.75, 3.05) is 20.3 Å². The van der Waals surface area contributed by atoms with Gasteiger partial charge in [-0.15, -0.1) is 0 Å². The largest absolute Gasteiger partial charge is 0.507 e. The van der Waals surface area contributed by atoms with E-state index in [-0.39, 0.29) is 18.8 Å². The first-order chi connectivity index (χ1) is 11.9. The fraction of sp³-hybridized carbons (Fsp3) is 0.333. The van der Waals surface area contributed by atoms with Gasteiger partial charge in [-0.1, -0.05) is 12.1 Å². The molecule has 0 saturated heterocycles. The van der Waals surface area contributed by atoms with Crippen molar-refractivity contribution >= 4 is 22.7 Å². The first-order valence-corrected chi connectivity index (χ1v) is 7.77. The number of phenols is 1. The van der Waals surface area contributed by atoms with Gasteiger partial charge in [0.1, 0.15) is 11.5 Å². The molecule has 7 heteroatoms. The predicted octanol–water partition coefficient (Wildman–Crippen LogP) is 1.87. The highest BCUT2D eigenvalue weighted by atomic mass is 16.6. The number of hydrogen-bond donors (Lipinski definition) is 2. The van der Waals surface area contributed by atoms with Gasteiger partial charge < -0.3 is 24.4 Å². The minimum atomic E-state index is -2.76. The van der Waals surface area contributed by atoms with Gasteiger partial charge in [0, 0.05) is 10.9 Å². The van der Waals surface area contributed by atoms with E-state index in [9.17, 15) is 19.8 Å². The fourth-order valence-corrected chi connectivity index (χ4v) is 2.48. The molecule has 0 radical (unpaired) electrons. The molecule has 0 fully saturated rings. The number of carbonyl (C=O) groups excluding carboxylic acids is 2. The standard InChI is InChI=1S/C18H20O7/c1-4-24-16(20)18(22,17(21)25-5-2)14-9-6-11-10-12(23-3)7-8-13(11)15(14)19/h6-10,19,22H,4-5H2,1-3H3. The Morgan fingerprint density at radius 1 is 1.04 bits per heavy atom. The molecule has 0 aliphatic heterocycles. The smallest absolute Gasteiger partial charge is 0.355 e. The van der Waals surface area contributed by atoms with Gasteiger partial charge in [0.15, 0.2) is 0 Å². The zero-order chi connectivity index (χ0) is 18.6. The van der Waals surface area contributed by atoms with Gasteiger partial charge in [-0.2, -0.15) is 0 Å². The number of benzene rings is 2. The molecule has 0 bridgehead atoms. The highest BCUT2D eigenvalue weighted by Gasteiger charge is 2.51. The Hall–Kier alpha value is -2.80. The van der Waals surface area contributed by atoms with Gasteiger partial charge in [0.05, 0.1) is 20.3 Å². The number of rotatable bonds is 6. The molecule has 0 unspecified atom stereocenters. The summed E-state index contributed by atoms with van der Waals surface area (Å²) >= 11 is 0. The lowest BCUT2D eigenvalue weighted by atomic mass is 9.90. The molecule has 2 aromatic rings. The van der Waals surface area contributed by atoms with Crippen molar-refractivity contribution in [3.8, 4) is 11.5 Å². The Balaban J connectivity index is 2.66. The summed E-state index contributed by atoms with van der Waals surface area (Å²) in [5.41, 5.74) is -3.06. The molecule has 0 aromatic heterocycles. The van der Waals surface area contributed by atoms with E-state index in [2.05, 4.69) is 0 Å². The second kappa shape index (κ2) is 7.40. The summed E-state index contributed by atoms with van der Waals surface area (Å²) in [5.74, 6) is -2.26. The third kappa shape index (κ3) is 3.23. The second-order valence-electron chi connectivity index (χ2n) is 5.20. The normalized spacial score (nSPS) is 11.2. The summed E-state index contributed by atoms with van der Waals surface area (Å²) in [4.78, 5) is 24.5. The van der Waals surface area contributed by atoms with Crippen molar-refractivity contribution in [2.24, 2.45) is 0 Å². The van der Waals surface area contributed by atoms with Gasteiger partial charge >= 0.3 is 11.9 Å². The number of carbonyl (C=O) groups is 2. The SMILES string of the molecule is CCOC(=O)C(O)(C(=O)OCC)c1ccc2cc(OC)ccc2c1O. The summed E-state index contributed by atoms with van der Waals surface area (Å²) in [6, 6.07) is 7.68. The number of aromatic hydroxyl groups is 1. The molecule has 2 aromatic carbocycles. The van der Waals surface area contributed by atoms with E-state index in [1.807, 2.05) is 0 Å². The van der Waals surface area contributed by atoms with Crippen LogP contribution in [0.25, 0.3) is 10.8 Å². The Labute approximate surface area is 144 Å². The summed E-state index contributed by atoms with van der Waals surface area (Å²) in [7, 11) is 1.51. The monoisotopic (exact) mass is 348 g/mol. The maximum Gasteiger partial charge on any atom is 0.355 e. The number of methoxy groups -OCH3 is 1. The fourth-order valence-electron chi connectivity index (χ4n) is 2.48. The predicted molar refractivity (Wildman–Crippen MR) is 89.3 cm³/mol. The Morgan fingerprint density at radius 3 is 2.16 bits per heavy atom. The lowest BCUT2D eigenvalue weighted by Crippen LogP contribution is -2.46. The number of fused-ring (bicyclic) bond motifs is 1. The van der Waals surface area contributed by atoms with Gasteiger partial charge in [-0.05, 0) is 37.4 Å². The zero-order valence-electron chi connectivity index (χ0n) is 14.2. The zero-order valence-corrected chi connectivity index (χ0v) is 14.2. The van der Waals surface area contributed by atoms with Crippen LogP contribution in [0.5, 0.6) is 11.5 Å². The highest BCUT2D eigenvalue weighted by molar-refractivity contribution is 6.06. The summed E-state index contributed by atoms with van der Waals surface area (Å²) in [6.07, 6.45) is 0. The lowest BCUT2D eigenvalue weighted by molar-refractivity contribution is -0.185. The molecule has 0 saturated carbocycles. The molecule has 2 rings (SSSR count). The minimum absolute atomic E-state index is 0.0495. The molecule has 25 heavy (non-hydrogen) atoms. The number of phenolic OH excluding ortho intramolecular Hbond substituents is 1. The number of ether oxygens (including phenoxy) is 3. The molecule has 2 N–H and O–H groups in total. The van der Waals surface area contributed by atoms with Crippen LogP contribution in [0.15, 0.2) is 30.3 Å². The van der Waals surface area contributed by atoms with Crippen LogP contribution in [0, 0.1) is 0 Å². The molecule has 0 aliphatic carbocycles. The van der Waals surface area contributed by atoms with Crippen LogP contribution in [0.4, 0.5) is 0 Å². The minimum Gasteiger partial charge on any atom is -0.507 e. The number of aliphatic hydroxyl groups is 1. The maximum atomic E-state index is 12.3. The van der Waals surface area contributed by atoms with Crippen LogP contribution >= 0.6 is 0 Å². The number of hydrogen-bond acceptors (Lipinski definition) is 7. The molecule has 0 aliphatic rings. The van der Waals surface area contributed by atoms with Crippen LogP contribution in [-0.4, -0.2) is 42.5 Å². The summed E-state index contributed by atoms with van der Waals surface area (Å²) in [6.45, 7) is 2.98. The van der Waals surface area contributed by atoms with Gasteiger partial charge in [-0.3, -0.25) is 0 Å². The van der Waals surface area contributed by atoms with Crippen molar-refractivity contribution in [3.05, 3.63) is 35.9 Å². The van der Waals surface area contributed by atoms with Gasteiger partial charge in [-0.25, -0.2) is 9.59 Å².